The lowest BCUT2D eigenvalue weighted by Gasteiger charge is -2.52. The van der Waals surface area contributed by atoms with Crippen molar-refractivity contribution in [3.05, 3.63) is 0 Å². The van der Waals surface area contributed by atoms with Crippen LogP contribution in [0.5, 0.6) is 0 Å². The van der Waals surface area contributed by atoms with Gasteiger partial charge >= 0.3 is 0 Å². The van der Waals surface area contributed by atoms with Crippen molar-refractivity contribution in [1.29, 1.82) is 0 Å². The van der Waals surface area contributed by atoms with E-state index in [4.69, 9.17) is 4.74 Å². The standard InChI is InChI=1S/C11H21NO/c1-10(2)7-12-8-11(9-12)5-3-4-6-13-11/h10H,3-9H2,1-2H3. The van der Waals surface area contributed by atoms with Gasteiger partial charge in [0, 0.05) is 26.2 Å². The van der Waals surface area contributed by atoms with E-state index in [1.807, 2.05) is 0 Å². The maximum absolute atomic E-state index is 5.87. The van der Waals surface area contributed by atoms with Crippen molar-refractivity contribution in [2.24, 2.45) is 5.92 Å². The number of nitrogens with zero attached hydrogens (tertiary/aromatic N) is 1. The van der Waals surface area contributed by atoms with Crippen LogP contribution in [0.25, 0.3) is 0 Å². The molecule has 2 heteroatoms. The van der Waals surface area contributed by atoms with Gasteiger partial charge < -0.3 is 4.74 Å². The summed E-state index contributed by atoms with van der Waals surface area (Å²) in [5.74, 6) is 0.793. The molecule has 0 radical (unpaired) electrons. The molecule has 0 amide bonds. The Kier molecular flexibility index (Phi) is 2.61. The molecule has 0 saturated carbocycles. The molecule has 0 N–H and O–H groups in total. The fraction of sp³-hybridized carbons (Fsp3) is 1.00. The third-order valence-electron chi connectivity index (χ3n) is 3.08. The summed E-state index contributed by atoms with van der Waals surface area (Å²) in [6.07, 6.45) is 3.93. The molecule has 0 aromatic heterocycles. The molecule has 13 heavy (non-hydrogen) atoms. The highest BCUT2D eigenvalue weighted by Gasteiger charge is 2.44. The van der Waals surface area contributed by atoms with Crippen LogP contribution in [-0.4, -0.2) is 36.7 Å². The minimum Gasteiger partial charge on any atom is -0.372 e. The molecule has 0 unspecified atom stereocenters. The maximum atomic E-state index is 5.87. The van der Waals surface area contributed by atoms with Gasteiger partial charge in [-0.2, -0.15) is 0 Å². The van der Waals surface area contributed by atoms with Crippen molar-refractivity contribution >= 4 is 0 Å². The summed E-state index contributed by atoms with van der Waals surface area (Å²) in [5.41, 5.74) is 0.285. The number of hydrogen-bond acceptors (Lipinski definition) is 2. The molecule has 2 aliphatic heterocycles. The van der Waals surface area contributed by atoms with Crippen molar-refractivity contribution in [3.8, 4) is 0 Å². The largest absolute Gasteiger partial charge is 0.372 e. The Morgan fingerprint density at radius 2 is 2.08 bits per heavy atom. The first kappa shape index (κ1) is 9.47. The number of rotatable bonds is 2. The van der Waals surface area contributed by atoms with Crippen LogP contribution in [0.4, 0.5) is 0 Å². The van der Waals surface area contributed by atoms with Gasteiger partial charge in [0.15, 0.2) is 0 Å². The van der Waals surface area contributed by atoms with Crippen LogP contribution >= 0.6 is 0 Å². The third-order valence-corrected chi connectivity index (χ3v) is 3.08. The second kappa shape index (κ2) is 3.58. The molecule has 1 spiro atoms. The van der Waals surface area contributed by atoms with E-state index in [-0.39, 0.29) is 5.60 Å². The lowest BCUT2D eigenvalue weighted by atomic mass is 9.85. The molecule has 2 nitrogen and oxygen atoms in total. The molecular weight excluding hydrogens is 162 g/mol. The average Bonchev–Trinajstić information content (AvgIpc) is 2.02. The van der Waals surface area contributed by atoms with E-state index in [1.54, 1.807) is 0 Å². The summed E-state index contributed by atoms with van der Waals surface area (Å²) >= 11 is 0. The summed E-state index contributed by atoms with van der Waals surface area (Å²) in [4.78, 5) is 2.52. The summed E-state index contributed by atoms with van der Waals surface area (Å²) in [6.45, 7) is 9.18. The second-order valence-electron chi connectivity index (χ2n) is 5.05. The SMILES string of the molecule is CC(C)CN1CC2(CCCCO2)C1. The number of hydrogen-bond donors (Lipinski definition) is 0. The van der Waals surface area contributed by atoms with Gasteiger partial charge in [0.2, 0.25) is 0 Å². The molecule has 0 aliphatic carbocycles. The summed E-state index contributed by atoms with van der Waals surface area (Å²) in [7, 11) is 0. The zero-order valence-corrected chi connectivity index (χ0v) is 8.88. The monoisotopic (exact) mass is 183 g/mol. The van der Waals surface area contributed by atoms with E-state index in [2.05, 4.69) is 18.7 Å². The Bertz CT molecular complexity index is 165. The first-order valence-electron chi connectivity index (χ1n) is 5.57. The lowest BCUT2D eigenvalue weighted by molar-refractivity contribution is -0.167. The van der Waals surface area contributed by atoms with E-state index in [9.17, 15) is 0 Å². The summed E-state index contributed by atoms with van der Waals surface area (Å²) < 4.78 is 5.87. The van der Waals surface area contributed by atoms with E-state index in [0.29, 0.717) is 0 Å². The van der Waals surface area contributed by atoms with Gasteiger partial charge in [-0.1, -0.05) is 13.8 Å². The molecule has 76 valence electrons. The van der Waals surface area contributed by atoms with Gasteiger partial charge in [-0.05, 0) is 25.2 Å². The van der Waals surface area contributed by atoms with Crippen molar-refractivity contribution < 1.29 is 4.74 Å². The van der Waals surface area contributed by atoms with Crippen molar-refractivity contribution in [3.63, 3.8) is 0 Å². The normalized spacial score (nSPS) is 27.9. The molecule has 2 saturated heterocycles. The van der Waals surface area contributed by atoms with Gasteiger partial charge in [-0.15, -0.1) is 0 Å². The molecule has 2 rings (SSSR count). The van der Waals surface area contributed by atoms with E-state index in [1.165, 1.54) is 38.9 Å². The zero-order valence-electron chi connectivity index (χ0n) is 8.88. The topological polar surface area (TPSA) is 12.5 Å². The Balaban J connectivity index is 1.75. The van der Waals surface area contributed by atoms with Crippen molar-refractivity contribution in [2.45, 2.75) is 38.7 Å². The minimum absolute atomic E-state index is 0.285. The molecule has 0 aromatic carbocycles. The molecule has 2 heterocycles. The maximum Gasteiger partial charge on any atom is 0.0934 e. The Morgan fingerprint density at radius 3 is 2.62 bits per heavy atom. The van der Waals surface area contributed by atoms with Crippen LogP contribution in [-0.2, 0) is 4.74 Å². The van der Waals surface area contributed by atoms with Crippen LogP contribution in [0.15, 0.2) is 0 Å². The fourth-order valence-electron chi connectivity index (χ4n) is 2.57. The lowest BCUT2D eigenvalue weighted by Crippen LogP contribution is -2.64. The highest BCUT2D eigenvalue weighted by Crippen LogP contribution is 2.34. The van der Waals surface area contributed by atoms with Gasteiger partial charge in [-0.25, -0.2) is 0 Å². The Labute approximate surface area is 81.3 Å². The van der Waals surface area contributed by atoms with E-state index in [0.717, 1.165) is 12.5 Å². The highest BCUT2D eigenvalue weighted by atomic mass is 16.5. The van der Waals surface area contributed by atoms with Crippen LogP contribution in [0, 0.1) is 5.92 Å². The molecular formula is C11H21NO. The predicted molar refractivity (Wildman–Crippen MR) is 53.8 cm³/mol. The van der Waals surface area contributed by atoms with Gasteiger partial charge in [0.05, 0.1) is 5.60 Å². The third kappa shape index (κ3) is 2.05. The number of ether oxygens (including phenoxy) is 1. The van der Waals surface area contributed by atoms with Crippen LogP contribution in [0.3, 0.4) is 0 Å². The Morgan fingerprint density at radius 1 is 1.31 bits per heavy atom. The molecule has 0 bridgehead atoms. The van der Waals surface area contributed by atoms with Crippen LogP contribution in [0.2, 0.25) is 0 Å². The first-order valence-corrected chi connectivity index (χ1v) is 5.57. The average molecular weight is 183 g/mol. The summed E-state index contributed by atoms with van der Waals surface area (Å²) in [5, 5.41) is 0. The minimum atomic E-state index is 0.285. The smallest absolute Gasteiger partial charge is 0.0934 e. The van der Waals surface area contributed by atoms with Gasteiger partial charge in [-0.3, -0.25) is 4.90 Å². The fourth-order valence-corrected chi connectivity index (χ4v) is 2.57. The summed E-state index contributed by atoms with van der Waals surface area (Å²) in [6, 6.07) is 0. The van der Waals surface area contributed by atoms with Gasteiger partial charge in [0.25, 0.3) is 0 Å². The van der Waals surface area contributed by atoms with Crippen LogP contribution < -0.4 is 0 Å². The molecule has 2 aliphatic rings. The van der Waals surface area contributed by atoms with Crippen molar-refractivity contribution in [2.75, 3.05) is 26.2 Å². The number of likely N-dealkylation sites (tertiary alicyclic amines) is 1. The Hall–Kier alpha value is -0.0800. The van der Waals surface area contributed by atoms with E-state index < -0.39 is 0 Å². The quantitative estimate of drug-likeness (QED) is 0.648. The van der Waals surface area contributed by atoms with Crippen molar-refractivity contribution in [1.82, 2.24) is 4.90 Å². The molecule has 0 aromatic rings. The molecule has 0 atom stereocenters. The van der Waals surface area contributed by atoms with Gasteiger partial charge in [0.1, 0.15) is 0 Å². The highest BCUT2D eigenvalue weighted by molar-refractivity contribution is 4.98. The molecule has 2 fully saturated rings. The second-order valence-corrected chi connectivity index (χ2v) is 5.05. The predicted octanol–water partition coefficient (Wildman–Crippen LogP) is 1.90. The van der Waals surface area contributed by atoms with E-state index >= 15 is 0 Å². The first-order chi connectivity index (χ1) is 6.20. The van der Waals surface area contributed by atoms with Crippen LogP contribution in [0.1, 0.15) is 33.1 Å². The zero-order chi connectivity index (χ0) is 9.31.